The number of carbonyl (C=O) groups is 1. The smallest absolute Gasteiger partial charge is 0.319 e. The van der Waals surface area contributed by atoms with E-state index in [0.717, 1.165) is 54.2 Å². The third kappa shape index (κ3) is 3.76. The van der Waals surface area contributed by atoms with E-state index in [2.05, 4.69) is 35.7 Å². The second-order valence-electron chi connectivity index (χ2n) is 6.42. The number of H-pyrrole nitrogens is 1. The zero-order valence-electron chi connectivity index (χ0n) is 15.0. The Labute approximate surface area is 156 Å². The highest BCUT2D eigenvalue weighted by Gasteiger charge is 2.23. The summed E-state index contributed by atoms with van der Waals surface area (Å²) < 4.78 is 5.12. The lowest BCUT2D eigenvalue weighted by atomic mass is 10.1. The number of piperidine rings is 1. The Morgan fingerprint density at radius 2 is 2.00 bits per heavy atom. The number of hydrogen-bond acceptors (Lipinski definition) is 6. The molecule has 2 aromatic heterocycles. The average molecular weight is 367 g/mol. The van der Waals surface area contributed by atoms with Gasteiger partial charge in [-0.2, -0.15) is 5.10 Å². The molecule has 1 aliphatic rings. The molecular formula is C18H21N7O2. The number of aromatic amines is 1. The standard InChI is InChI=1S/C18H21N7O2/c1-27-14-4-2-12(3-5-14)22-18(26)23-13-6-8-25(9-7-13)17-15-10-21-24-16(15)19-11-20-17/h2-5,10-11,13H,6-9H2,1H3,(H2,22,23,26)(H,19,20,21,24). The molecule has 27 heavy (non-hydrogen) atoms. The molecular weight excluding hydrogens is 346 g/mol. The normalized spacial score (nSPS) is 14.9. The van der Waals surface area contributed by atoms with Gasteiger partial charge in [-0.15, -0.1) is 0 Å². The van der Waals surface area contributed by atoms with E-state index < -0.39 is 0 Å². The summed E-state index contributed by atoms with van der Waals surface area (Å²) in [6.45, 7) is 1.62. The van der Waals surface area contributed by atoms with Crippen LogP contribution in [0.25, 0.3) is 11.0 Å². The molecule has 0 radical (unpaired) electrons. The minimum absolute atomic E-state index is 0.126. The lowest BCUT2D eigenvalue weighted by Crippen LogP contribution is -2.46. The molecule has 1 aliphatic heterocycles. The maximum Gasteiger partial charge on any atom is 0.319 e. The zero-order valence-corrected chi connectivity index (χ0v) is 15.0. The Bertz CT molecular complexity index is 917. The number of carbonyl (C=O) groups excluding carboxylic acids is 1. The van der Waals surface area contributed by atoms with Crippen LogP contribution in [0.15, 0.2) is 36.8 Å². The fourth-order valence-corrected chi connectivity index (χ4v) is 3.27. The number of rotatable bonds is 4. The van der Waals surface area contributed by atoms with Gasteiger partial charge in [-0.1, -0.05) is 0 Å². The fourth-order valence-electron chi connectivity index (χ4n) is 3.27. The van der Waals surface area contributed by atoms with Gasteiger partial charge in [0.2, 0.25) is 0 Å². The summed E-state index contributed by atoms with van der Waals surface area (Å²) in [6.07, 6.45) is 4.98. The summed E-state index contributed by atoms with van der Waals surface area (Å²) in [7, 11) is 1.61. The van der Waals surface area contributed by atoms with E-state index in [1.54, 1.807) is 19.6 Å². The Morgan fingerprint density at radius 1 is 1.22 bits per heavy atom. The lowest BCUT2D eigenvalue weighted by molar-refractivity contribution is 0.246. The number of methoxy groups -OCH3 is 1. The monoisotopic (exact) mass is 367 g/mol. The van der Waals surface area contributed by atoms with E-state index in [1.807, 2.05) is 24.3 Å². The van der Waals surface area contributed by atoms with Crippen LogP contribution < -0.4 is 20.3 Å². The van der Waals surface area contributed by atoms with Crippen molar-refractivity contribution in [3.05, 3.63) is 36.8 Å². The highest BCUT2D eigenvalue weighted by atomic mass is 16.5. The highest BCUT2D eigenvalue weighted by molar-refractivity contribution is 5.89. The summed E-state index contributed by atoms with van der Waals surface area (Å²) in [5, 5.41) is 13.7. The minimum atomic E-state index is -0.196. The predicted octanol–water partition coefficient (Wildman–Crippen LogP) is 2.15. The van der Waals surface area contributed by atoms with E-state index in [4.69, 9.17) is 4.74 Å². The second-order valence-corrected chi connectivity index (χ2v) is 6.42. The van der Waals surface area contributed by atoms with Crippen molar-refractivity contribution in [3.8, 4) is 5.75 Å². The Morgan fingerprint density at radius 3 is 2.74 bits per heavy atom. The van der Waals surface area contributed by atoms with Gasteiger partial charge in [-0.25, -0.2) is 14.8 Å². The summed E-state index contributed by atoms with van der Waals surface area (Å²) in [4.78, 5) is 23.0. The van der Waals surface area contributed by atoms with E-state index >= 15 is 0 Å². The number of amides is 2. The number of nitrogens with zero attached hydrogens (tertiary/aromatic N) is 4. The van der Waals surface area contributed by atoms with E-state index in [0.29, 0.717) is 0 Å². The van der Waals surface area contributed by atoms with Gasteiger partial charge in [0.25, 0.3) is 0 Å². The summed E-state index contributed by atoms with van der Waals surface area (Å²) in [6, 6.07) is 7.18. The van der Waals surface area contributed by atoms with Crippen LogP contribution in [0.2, 0.25) is 0 Å². The molecule has 1 fully saturated rings. The van der Waals surface area contributed by atoms with Crippen LogP contribution in [-0.2, 0) is 0 Å². The van der Waals surface area contributed by atoms with Gasteiger partial charge in [0.1, 0.15) is 17.9 Å². The Hall–Kier alpha value is -3.36. The van der Waals surface area contributed by atoms with Gasteiger partial charge in [0.05, 0.1) is 18.7 Å². The van der Waals surface area contributed by atoms with Crippen molar-refractivity contribution in [2.24, 2.45) is 0 Å². The summed E-state index contributed by atoms with van der Waals surface area (Å²) in [5.74, 6) is 1.64. The van der Waals surface area contributed by atoms with Crippen molar-refractivity contribution < 1.29 is 9.53 Å². The van der Waals surface area contributed by atoms with Crippen LogP contribution in [0.5, 0.6) is 5.75 Å². The first-order chi connectivity index (χ1) is 13.2. The maximum absolute atomic E-state index is 12.2. The van der Waals surface area contributed by atoms with Crippen molar-refractivity contribution in [2.75, 3.05) is 30.4 Å². The Kier molecular flexibility index (Phi) is 4.73. The molecule has 3 aromatic rings. The molecule has 1 aromatic carbocycles. The van der Waals surface area contributed by atoms with Crippen LogP contribution >= 0.6 is 0 Å². The van der Waals surface area contributed by atoms with Gasteiger partial charge in [0, 0.05) is 24.8 Å². The molecule has 3 heterocycles. The first kappa shape index (κ1) is 17.1. The number of fused-ring (bicyclic) bond motifs is 1. The predicted molar refractivity (Wildman–Crippen MR) is 102 cm³/mol. The van der Waals surface area contributed by atoms with Crippen molar-refractivity contribution in [1.82, 2.24) is 25.5 Å². The molecule has 0 saturated carbocycles. The second kappa shape index (κ2) is 7.48. The zero-order chi connectivity index (χ0) is 18.6. The van der Waals surface area contributed by atoms with E-state index in [-0.39, 0.29) is 12.1 Å². The third-order valence-electron chi connectivity index (χ3n) is 4.70. The summed E-state index contributed by atoms with van der Waals surface area (Å²) in [5.41, 5.74) is 1.47. The molecule has 0 bridgehead atoms. The number of nitrogens with one attached hydrogen (secondary N) is 3. The number of urea groups is 1. The van der Waals surface area contributed by atoms with Crippen LogP contribution in [0, 0.1) is 0 Å². The van der Waals surface area contributed by atoms with Gasteiger partial charge in [-0.3, -0.25) is 5.10 Å². The number of benzene rings is 1. The van der Waals surface area contributed by atoms with Crippen LogP contribution in [0.3, 0.4) is 0 Å². The fraction of sp³-hybridized carbons (Fsp3) is 0.333. The Balaban J connectivity index is 1.31. The molecule has 9 nitrogen and oxygen atoms in total. The molecule has 0 atom stereocenters. The van der Waals surface area contributed by atoms with Crippen molar-refractivity contribution >= 4 is 28.6 Å². The van der Waals surface area contributed by atoms with E-state index in [1.165, 1.54) is 0 Å². The SMILES string of the molecule is COc1ccc(NC(=O)NC2CCN(c3ncnc4[nH]ncc34)CC2)cc1. The van der Waals surface area contributed by atoms with Crippen LogP contribution in [0.4, 0.5) is 16.3 Å². The van der Waals surface area contributed by atoms with Crippen LogP contribution in [-0.4, -0.2) is 52.4 Å². The van der Waals surface area contributed by atoms with Gasteiger partial charge in [0.15, 0.2) is 5.65 Å². The van der Waals surface area contributed by atoms with E-state index in [9.17, 15) is 4.79 Å². The molecule has 3 N–H and O–H groups in total. The lowest BCUT2D eigenvalue weighted by Gasteiger charge is -2.33. The minimum Gasteiger partial charge on any atom is -0.497 e. The number of ether oxygens (including phenoxy) is 1. The van der Waals surface area contributed by atoms with Gasteiger partial charge < -0.3 is 20.3 Å². The molecule has 0 unspecified atom stereocenters. The molecule has 1 saturated heterocycles. The molecule has 9 heteroatoms. The molecule has 140 valence electrons. The highest BCUT2D eigenvalue weighted by Crippen LogP contribution is 2.24. The van der Waals surface area contributed by atoms with Gasteiger partial charge >= 0.3 is 6.03 Å². The quantitative estimate of drug-likeness (QED) is 0.652. The number of hydrogen-bond donors (Lipinski definition) is 3. The molecule has 2 amide bonds. The van der Waals surface area contributed by atoms with Gasteiger partial charge in [-0.05, 0) is 37.1 Å². The molecule has 0 aliphatic carbocycles. The first-order valence-corrected chi connectivity index (χ1v) is 8.83. The van der Waals surface area contributed by atoms with Crippen LogP contribution in [0.1, 0.15) is 12.8 Å². The summed E-state index contributed by atoms with van der Waals surface area (Å²) >= 11 is 0. The third-order valence-corrected chi connectivity index (χ3v) is 4.70. The van der Waals surface area contributed by atoms with Crippen molar-refractivity contribution in [2.45, 2.75) is 18.9 Å². The topological polar surface area (TPSA) is 108 Å². The molecule has 0 spiro atoms. The average Bonchev–Trinajstić information content (AvgIpc) is 3.18. The first-order valence-electron chi connectivity index (χ1n) is 8.83. The number of aromatic nitrogens is 4. The maximum atomic E-state index is 12.2. The van der Waals surface area contributed by atoms with Crippen molar-refractivity contribution in [3.63, 3.8) is 0 Å². The number of anilines is 2. The van der Waals surface area contributed by atoms with Crippen molar-refractivity contribution in [1.29, 1.82) is 0 Å². The largest absolute Gasteiger partial charge is 0.497 e. The molecule has 4 rings (SSSR count).